The molecule has 0 bridgehead atoms. The quantitative estimate of drug-likeness (QED) is 0.502. The van der Waals surface area contributed by atoms with E-state index in [1.807, 2.05) is 5.10 Å². The van der Waals surface area contributed by atoms with Gasteiger partial charge in [0.05, 0.1) is 10.6 Å². The van der Waals surface area contributed by atoms with Crippen molar-refractivity contribution >= 4 is 5.69 Å². The van der Waals surface area contributed by atoms with Crippen LogP contribution in [0, 0.1) is 17.0 Å². The summed E-state index contributed by atoms with van der Waals surface area (Å²) in [6.45, 7) is 1.39. The normalized spacial score (nSPS) is 13.8. The van der Waals surface area contributed by atoms with E-state index in [0.717, 1.165) is 12.1 Å². The number of nitrogens with one attached hydrogen (secondary N) is 1. The van der Waals surface area contributed by atoms with E-state index in [0.29, 0.717) is 6.07 Å². The Labute approximate surface area is 131 Å². The van der Waals surface area contributed by atoms with Gasteiger partial charge in [0.2, 0.25) is 0 Å². The summed E-state index contributed by atoms with van der Waals surface area (Å²) in [4.78, 5) is 10.1. The van der Waals surface area contributed by atoms with Gasteiger partial charge in [-0.3, -0.25) is 15.2 Å². The van der Waals surface area contributed by atoms with Gasteiger partial charge in [-0.1, -0.05) is 0 Å². The molecule has 1 aromatic carbocycles. The van der Waals surface area contributed by atoms with Gasteiger partial charge in [0.15, 0.2) is 0 Å². The zero-order valence-electron chi connectivity index (χ0n) is 11.9. The van der Waals surface area contributed by atoms with Gasteiger partial charge in [0.1, 0.15) is 11.8 Å². The summed E-state index contributed by atoms with van der Waals surface area (Å²) in [5.41, 5.74) is -1.94. The molecule has 2 rings (SSSR count). The molecule has 0 radical (unpaired) electrons. The molecule has 1 atom stereocenters. The van der Waals surface area contributed by atoms with Crippen LogP contribution in [-0.4, -0.2) is 26.4 Å². The van der Waals surface area contributed by atoms with Gasteiger partial charge in [-0.2, -0.15) is 27.1 Å². The Kier molecular flexibility index (Phi) is 4.31. The number of nitro benzene ring substituents is 1. The first-order chi connectivity index (χ1) is 10.9. The van der Waals surface area contributed by atoms with Crippen LogP contribution in [0.5, 0.6) is 0 Å². The standard InChI is InChI=1S/C13H10F5N3O3/c1-6-4-7(2-3-9(6)21(23)24)11(22)8-5-10(20-19-8)12(14,15)13(16,17)18/h2-5,11,22H,1H3,(H,19,20). The molecule has 130 valence electrons. The zero-order valence-corrected chi connectivity index (χ0v) is 11.9. The number of aryl methyl sites for hydroxylation is 1. The van der Waals surface area contributed by atoms with Crippen molar-refractivity contribution in [1.29, 1.82) is 0 Å². The number of halogens is 5. The van der Waals surface area contributed by atoms with Crippen molar-refractivity contribution in [1.82, 2.24) is 10.2 Å². The van der Waals surface area contributed by atoms with E-state index in [9.17, 15) is 37.2 Å². The predicted octanol–water partition coefficient (Wildman–Crippen LogP) is 3.36. The third-order valence-electron chi connectivity index (χ3n) is 3.30. The second-order valence-corrected chi connectivity index (χ2v) is 4.99. The van der Waals surface area contributed by atoms with Gasteiger partial charge in [-0.25, -0.2) is 0 Å². The van der Waals surface area contributed by atoms with E-state index in [2.05, 4.69) is 5.10 Å². The topological polar surface area (TPSA) is 92.1 Å². The van der Waals surface area contributed by atoms with Crippen LogP contribution in [0.15, 0.2) is 24.3 Å². The van der Waals surface area contributed by atoms with Gasteiger partial charge in [0, 0.05) is 11.6 Å². The summed E-state index contributed by atoms with van der Waals surface area (Å²) in [6, 6.07) is 3.88. The molecular formula is C13H10F5N3O3. The Bertz CT molecular complexity index is 772. The Balaban J connectivity index is 2.34. The van der Waals surface area contributed by atoms with Crippen molar-refractivity contribution in [2.45, 2.75) is 25.1 Å². The molecule has 1 heterocycles. The lowest BCUT2D eigenvalue weighted by molar-refractivity contribution is -0.385. The zero-order chi connectivity index (χ0) is 18.3. The Morgan fingerprint density at radius 1 is 1.25 bits per heavy atom. The molecule has 0 aliphatic heterocycles. The first-order valence-electron chi connectivity index (χ1n) is 6.38. The van der Waals surface area contributed by atoms with Gasteiger partial charge in [0.25, 0.3) is 5.69 Å². The Morgan fingerprint density at radius 3 is 2.38 bits per heavy atom. The molecule has 0 saturated heterocycles. The van der Waals surface area contributed by atoms with Gasteiger partial charge < -0.3 is 5.11 Å². The number of H-pyrrole nitrogens is 1. The maximum atomic E-state index is 13.2. The number of aromatic nitrogens is 2. The lowest BCUT2D eigenvalue weighted by Gasteiger charge is -2.16. The van der Waals surface area contributed by atoms with E-state index in [1.165, 1.54) is 13.0 Å². The van der Waals surface area contributed by atoms with Crippen LogP contribution in [-0.2, 0) is 5.92 Å². The second-order valence-electron chi connectivity index (χ2n) is 4.99. The van der Waals surface area contributed by atoms with Crippen LogP contribution in [0.2, 0.25) is 0 Å². The SMILES string of the molecule is Cc1cc(C(O)c2cc(C(F)(F)C(F)(F)F)n[nH]2)ccc1[N+](=O)[O-]. The lowest BCUT2D eigenvalue weighted by atomic mass is 10.0. The second kappa shape index (κ2) is 5.82. The van der Waals surface area contributed by atoms with Crippen LogP contribution >= 0.6 is 0 Å². The van der Waals surface area contributed by atoms with Crippen molar-refractivity contribution in [2.24, 2.45) is 0 Å². The van der Waals surface area contributed by atoms with Crippen LogP contribution in [0.1, 0.15) is 28.6 Å². The summed E-state index contributed by atoms with van der Waals surface area (Å²) < 4.78 is 63.3. The minimum Gasteiger partial charge on any atom is -0.382 e. The molecule has 1 unspecified atom stereocenters. The van der Waals surface area contributed by atoms with E-state index in [1.54, 1.807) is 0 Å². The lowest BCUT2D eigenvalue weighted by Crippen LogP contribution is -2.34. The molecule has 0 fully saturated rings. The van der Waals surface area contributed by atoms with Gasteiger partial charge in [-0.05, 0) is 30.7 Å². The fourth-order valence-electron chi connectivity index (χ4n) is 2.02. The van der Waals surface area contributed by atoms with Crippen molar-refractivity contribution in [3.63, 3.8) is 0 Å². The summed E-state index contributed by atoms with van der Waals surface area (Å²) in [5.74, 6) is -5.17. The van der Waals surface area contributed by atoms with Crippen LogP contribution in [0.3, 0.4) is 0 Å². The average molecular weight is 351 g/mol. The molecule has 0 aliphatic carbocycles. The first-order valence-corrected chi connectivity index (χ1v) is 6.38. The van der Waals surface area contributed by atoms with Gasteiger partial charge in [-0.15, -0.1) is 0 Å². The predicted molar refractivity (Wildman–Crippen MR) is 70.4 cm³/mol. The van der Waals surface area contributed by atoms with E-state index >= 15 is 0 Å². The highest BCUT2D eigenvalue weighted by Gasteiger charge is 2.60. The smallest absolute Gasteiger partial charge is 0.382 e. The molecule has 0 spiro atoms. The van der Waals surface area contributed by atoms with Crippen LogP contribution in [0.25, 0.3) is 0 Å². The highest BCUT2D eigenvalue weighted by atomic mass is 19.4. The number of aliphatic hydroxyl groups excluding tert-OH is 1. The number of rotatable bonds is 4. The molecule has 0 saturated carbocycles. The van der Waals surface area contributed by atoms with E-state index in [-0.39, 0.29) is 16.8 Å². The molecule has 1 aromatic heterocycles. The van der Waals surface area contributed by atoms with Crippen molar-refractivity contribution in [2.75, 3.05) is 0 Å². The number of alkyl halides is 5. The average Bonchev–Trinajstić information content (AvgIpc) is 2.95. The van der Waals surface area contributed by atoms with Crippen molar-refractivity contribution in [3.05, 3.63) is 56.9 Å². The summed E-state index contributed by atoms with van der Waals surface area (Å²) in [7, 11) is 0. The van der Waals surface area contributed by atoms with E-state index in [4.69, 9.17) is 0 Å². The minimum atomic E-state index is -5.83. The van der Waals surface area contributed by atoms with Crippen molar-refractivity contribution in [3.8, 4) is 0 Å². The molecule has 0 amide bonds. The molecule has 6 nitrogen and oxygen atoms in total. The molecule has 11 heteroatoms. The minimum absolute atomic E-state index is 0.0728. The number of hydrogen-bond donors (Lipinski definition) is 2. The van der Waals surface area contributed by atoms with Crippen molar-refractivity contribution < 1.29 is 32.0 Å². The highest BCUT2D eigenvalue weighted by Crippen LogP contribution is 2.43. The fraction of sp³-hybridized carbons (Fsp3) is 0.308. The molecule has 2 aromatic rings. The molecule has 2 N–H and O–H groups in total. The third-order valence-corrected chi connectivity index (χ3v) is 3.30. The first kappa shape index (κ1) is 17.8. The van der Waals surface area contributed by atoms with Gasteiger partial charge >= 0.3 is 12.1 Å². The van der Waals surface area contributed by atoms with Crippen LogP contribution < -0.4 is 0 Å². The highest BCUT2D eigenvalue weighted by molar-refractivity contribution is 5.43. The third kappa shape index (κ3) is 3.07. The maximum absolute atomic E-state index is 13.2. The number of benzene rings is 1. The summed E-state index contributed by atoms with van der Waals surface area (Å²) >= 11 is 0. The molecular weight excluding hydrogens is 341 g/mol. The number of aromatic amines is 1. The number of nitrogens with zero attached hydrogens (tertiary/aromatic N) is 2. The summed E-state index contributed by atoms with van der Waals surface area (Å²) in [5, 5.41) is 25.6. The fourth-order valence-corrected chi connectivity index (χ4v) is 2.02. The molecule has 24 heavy (non-hydrogen) atoms. The number of hydrogen-bond acceptors (Lipinski definition) is 4. The van der Waals surface area contributed by atoms with E-state index < -0.39 is 34.5 Å². The molecule has 0 aliphatic rings. The number of aliphatic hydroxyl groups is 1. The Morgan fingerprint density at radius 2 is 1.88 bits per heavy atom. The van der Waals surface area contributed by atoms with Crippen LogP contribution in [0.4, 0.5) is 27.6 Å². The Hall–Kier alpha value is -2.56. The monoisotopic (exact) mass is 351 g/mol. The summed E-state index contributed by atoms with van der Waals surface area (Å²) in [6.07, 6.45) is -7.43. The largest absolute Gasteiger partial charge is 0.459 e. The maximum Gasteiger partial charge on any atom is 0.459 e. The number of nitro groups is 1.